The lowest BCUT2D eigenvalue weighted by Crippen LogP contribution is -2.26. The fourth-order valence-corrected chi connectivity index (χ4v) is 2.36. The molecule has 0 aliphatic carbocycles. The van der Waals surface area contributed by atoms with E-state index in [1.54, 1.807) is 6.08 Å². The molecule has 110 valence electrons. The maximum atomic E-state index is 12.1. The van der Waals surface area contributed by atoms with E-state index < -0.39 is 0 Å². The van der Waals surface area contributed by atoms with Crippen LogP contribution in [-0.2, 0) is 11.2 Å². The maximum absolute atomic E-state index is 12.1. The van der Waals surface area contributed by atoms with E-state index >= 15 is 0 Å². The van der Waals surface area contributed by atoms with Gasteiger partial charge in [0.2, 0.25) is 0 Å². The minimum absolute atomic E-state index is 0.0972. The quantitative estimate of drug-likeness (QED) is 0.657. The summed E-state index contributed by atoms with van der Waals surface area (Å²) in [5.74, 6) is -0.353. The van der Waals surface area contributed by atoms with Crippen molar-refractivity contribution in [2.45, 2.75) is 6.42 Å². The van der Waals surface area contributed by atoms with Crippen molar-refractivity contribution in [3.8, 4) is 6.07 Å². The van der Waals surface area contributed by atoms with Crippen LogP contribution in [0.2, 0.25) is 0 Å². The third-order valence-corrected chi connectivity index (χ3v) is 3.83. The molecule has 3 nitrogen and oxygen atoms in total. The van der Waals surface area contributed by atoms with E-state index in [9.17, 15) is 10.1 Å². The number of nitrogens with one attached hydrogen (secondary N) is 1. The van der Waals surface area contributed by atoms with E-state index in [0.717, 1.165) is 22.0 Å². The summed E-state index contributed by atoms with van der Waals surface area (Å²) in [6, 6.07) is 19.3. The molecule has 2 aromatic rings. The monoisotopic (exact) mass is 354 g/mol. The lowest BCUT2D eigenvalue weighted by atomic mass is 10.1. The summed E-state index contributed by atoms with van der Waals surface area (Å²) >= 11 is 3.40. The Morgan fingerprint density at radius 3 is 2.50 bits per heavy atom. The summed E-state index contributed by atoms with van der Waals surface area (Å²) in [4.78, 5) is 12.1. The van der Waals surface area contributed by atoms with Crippen molar-refractivity contribution in [2.24, 2.45) is 0 Å². The Kier molecular flexibility index (Phi) is 5.93. The predicted octanol–water partition coefficient (Wildman–Crippen LogP) is 3.71. The number of carbonyl (C=O) groups is 1. The standard InChI is InChI=1S/C18H15BrN2O/c19-17-9-5-4-8-15(17)12-16(13-20)18(22)21-11-10-14-6-2-1-3-7-14/h1-9,12H,10-11H2,(H,21,22)/b16-12+. The molecule has 0 aromatic heterocycles. The lowest BCUT2D eigenvalue weighted by molar-refractivity contribution is -0.117. The fraction of sp³-hybridized carbons (Fsp3) is 0.111. The predicted molar refractivity (Wildman–Crippen MR) is 90.9 cm³/mol. The van der Waals surface area contributed by atoms with Gasteiger partial charge < -0.3 is 5.32 Å². The number of nitriles is 1. The molecule has 0 bridgehead atoms. The molecule has 1 N–H and O–H groups in total. The van der Waals surface area contributed by atoms with Crippen LogP contribution in [-0.4, -0.2) is 12.5 Å². The maximum Gasteiger partial charge on any atom is 0.261 e. The zero-order chi connectivity index (χ0) is 15.8. The Hall–Kier alpha value is -2.38. The molecule has 0 unspecified atom stereocenters. The van der Waals surface area contributed by atoms with Crippen LogP contribution in [0, 0.1) is 11.3 Å². The summed E-state index contributed by atoms with van der Waals surface area (Å²) in [6.07, 6.45) is 2.32. The first kappa shape index (κ1) is 16.0. The molecule has 0 saturated heterocycles. The molecule has 2 rings (SSSR count). The number of hydrogen-bond acceptors (Lipinski definition) is 2. The van der Waals surface area contributed by atoms with Gasteiger partial charge >= 0.3 is 0 Å². The van der Waals surface area contributed by atoms with Crippen LogP contribution in [0.4, 0.5) is 0 Å². The molecule has 4 heteroatoms. The minimum atomic E-state index is -0.353. The molecule has 0 fully saturated rings. The number of benzene rings is 2. The van der Waals surface area contributed by atoms with Gasteiger partial charge in [-0.1, -0.05) is 64.5 Å². The van der Waals surface area contributed by atoms with E-state index in [4.69, 9.17) is 0 Å². The molecule has 0 aliphatic rings. The summed E-state index contributed by atoms with van der Waals surface area (Å²) < 4.78 is 0.847. The molecule has 0 aliphatic heterocycles. The van der Waals surface area contributed by atoms with Crippen LogP contribution >= 0.6 is 15.9 Å². The largest absolute Gasteiger partial charge is 0.351 e. The second-order valence-electron chi connectivity index (χ2n) is 4.68. The van der Waals surface area contributed by atoms with E-state index in [1.807, 2.05) is 60.7 Å². The van der Waals surface area contributed by atoms with Crippen molar-refractivity contribution in [3.05, 3.63) is 75.8 Å². The van der Waals surface area contributed by atoms with Crippen LogP contribution in [0.3, 0.4) is 0 Å². The number of hydrogen-bond donors (Lipinski definition) is 1. The second kappa shape index (κ2) is 8.16. The van der Waals surface area contributed by atoms with Crippen LogP contribution in [0.1, 0.15) is 11.1 Å². The van der Waals surface area contributed by atoms with Crippen LogP contribution in [0.25, 0.3) is 6.08 Å². The van der Waals surface area contributed by atoms with Gasteiger partial charge in [0.15, 0.2) is 0 Å². The zero-order valence-electron chi connectivity index (χ0n) is 11.9. The third-order valence-electron chi connectivity index (χ3n) is 3.11. The van der Waals surface area contributed by atoms with Gasteiger partial charge in [-0.25, -0.2) is 0 Å². The average molecular weight is 355 g/mol. The van der Waals surface area contributed by atoms with Crippen molar-refractivity contribution < 1.29 is 4.79 Å². The SMILES string of the molecule is N#C/C(=C\c1ccccc1Br)C(=O)NCCc1ccccc1. The van der Waals surface area contributed by atoms with Crippen molar-refractivity contribution in [2.75, 3.05) is 6.54 Å². The summed E-state index contributed by atoms with van der Waals surface area (Å²) in [6.45, 7) is 0.498. The Balaban J connectivity index is 1.98. The number of carbonyl (C=O) groups excluding carboxylic acids is 1. The number of nitrogens with zero attached hydrogens (tertiary/aromatic N) is 1. The van der Waals surface area contributed by atoms with E-state index in [0.29, 0.717) is 6.54 Å². The van der Waals surface area contributed by atoms with E-state index in [1.165, 1.54) is 0 Å². The molecular formula is C18H15BrN2O. The Bertz CT molecular complexity index is 717. The van der Waals surface area contributed by atoms with Gasteiger partial charge in [0.1, 0.15) is 11.6 Å². The molecule has 2 aromatic carbocycles. The molecule has 0 heterocycles. The molecule has 0 saturated carbocycles. The highest BCUT2D eigenvalue weighted by Gasteiger charge is 2.09. The van der Waals surface area contributed by atoms with Gasteiger partial charge in [-0.3, -0.25) is 4.79 Å². The van der Waals surface area contributed by atoms with Gasteiger partial charge in [0.05, 0.1) is 0 Å². The number of halogens is 1. The molecule has 1 amide bonds. The lowest BCUT2D eigenvalue weighted by Gasteiger charge is -2.05. The summed E-state index contributed by atoms with van der Waals surface area (Å²) in [5.41, 5.74) is 2.05. The highest BCUT2D eigenvalue weighted by Crippen LogP contribution is 2.18. The van der Waals surface area contributed by atoms with Crippen molar-refractivity contribution in [3.63, 3.8) is 0 Å². The van der Waals surface area contributed by atoms with Gasteiger partial charge in [0.25, 0.3) is 5.91 Å². The smallest absolute Gasteiger partial charge is 0.261 e. The molecule has 0 spiro atoms. The van der Waals surface area contributed by atoms with Crippen molar-refractivity contribution >= 4 is 27.9 Å². The van der Waals surface area contributed by atoms with Crippen LogP contribution < -0.4 is 5.32 Å². The third kappa shape index (κ3) is 4.57. The molecule has 0 atom stereocenters. The molecular weight excluding hydrogens is 340 g/mol. The fourth-order valence-electron chi connectivity index (χ4n) is 1.96. The van der Waals surface area contributed by atoms with Crippen LogP contribution in [0.15, 0.2) is 64.6 Å². The highest BCUT2D eigenvalue weighted by molar-refractivity contribution is 9.10. The van der Waals surface area contributed by atoms with Gasteiger partial charge in [0, 0.05) is 11.0 Å². The van der Waals surface area contributed by atoms with Crippen molar-refractivity contribution in [1.82, 2.24) is 5.32 Å². The molecule has 0 radical (unpaired) electrons. The first-order chi connectivity index (χ1) is 10.7. The van der Waals surface area contributed by atoms with Gasteiger partial charge in [-0.05, 0) is 29.7 Å². The first-order valence-corrected chi connectivity index (χ1v) is 7.68. The van der Waals surface area contributed by atoms with Gasteiger partial charge in [-0.15, -0.1) is 0 Å². The average Bonchev–Trinajstić information content (AvgIpc) is 2.55. The Morgan fingerprint density at radius 2 is 1.82 bits per heavy atom. The number of rotatable bonds is 5. The summed E-state index contributed by atoms with van der Waals surface area (Å²) in [5, 5.41) is 11.9. The Morgan fingerprint density at radius 1 is 1.14 bits per heavy atom. The highest BCUT2D eigenvalue weighted by atomic mass is 79.9. The minimum Gasteiger partial charge on any atom is -0.351 e. The van der Waals surface area contributed by atoms with E-state index in [2.05, 4.69) is 21.2 Å². The normalized spacial score (nSPS) is 10.8. The first-order valence-electron chi connectivity index (χ1n) is 6.89. The van der Waals surface area contributed by atoms with Gasteiger partial charge in [-0.2, -0.15) is 5.26 Å². The topological polar surface area (TPSA) is 52.9 Å². The Labute approximate surface area is 138 Å². The molecule has 22 heavy (non-hydrogen) atoms. The number of amides is 1. The second-order valence-corrected chi connectivity index (χ2v) is 5.54. The van der Waals surface area contributed by atoms with Crippen molar-refractivity contribution in [1.29, 1.82) is 5.26 Å². The summed E-state index contributed by atoms with van der Waals surface area (Å²) in [7, 11) is 0. The van der Waals surface area contributed by atoms with Crippen LogP contribution in [0.5, 0.6) is 0 Å². The zero-order valence-corrected chi connectivity index (χ0v) is 13.5. The van der Waals surface area contributed by atoms with E-state index in [-0.39, 0.29) is 11.5 Å².